The van der Waals surface area contributed by atoms with Crippen LogP contribution in [0.1, 0.15) is 28.1 Å². The molecular weight excluding hydrogens is 487 g/mol. The normalized spacial score (nSPS) is 15.1. The molecule has 1 atom stereocenters. The van der Waals surface area contributed by atoms with Gasteiger partial charge in [-0.2, -0.15) is 0 Å². The summed E-state index contributed by atoms with van der Waals surface area (Å²) in [5, 5.41) is 4.13. The summed E-state index contributed by atoms with van der Waals surface area (Å²) in [4.78, 5) is 20.6. The highest BCUT2D eigenvalue weighted by Crippen LogP contribution is 2.34. The molecule has 1 saturated heterocycles. The van der Waals surface area contributed by atoms with E-state index < -0.39 is 10.8 Å². The molecule has 3 N–H and O–H groups in total. The maximum absolute atomic E-state index is 12.9. The number of nitrogens with zero attached hydrogens (tertiary/aromatic N) is 2. The zero-order chi connectivity index (χ0) is 22.7. The van der Waals surface area contributed by atoms with Crippen LogP contribution >= 0.6 is 34.5 Å². The van der Waals surface area contributed by atoms with Gasteiger partial charge in [-0.3, -0.25) is 9.00 Å². The van der Waals surface area contributed by atoms with E-state index in [1.165, 1.54) is 12.8 Å². The van der Waals surface area contributed by atoms with Gasteiger partial charge in [0.15, 0.2) is 5.13 Å². The Kier molecular flexibility index (Phi) is 7.48. The van der Waals surface area contributed by atoms with E-state index in [1.807, 2.05) is 24.3 Å². The van der Waals surface area contributed by atoms with Gasteiger partial charge in [-0.05, 0) is 56.3 Å². The summed E-state index contributed by atoms with van der Waals surface area (Å²) in [6, 6.07) is 12.3. The van der Waals surface area contributed by atoms with Gasteiger partial charge < -0.3 is 16.0 Å². The fourth-order valence-corrected chi connectivity index (χ4v) is 6.12. The largest absolute Gasteiger partial charge is 0.382 e. The number of carbonyl (C=O) groups is 1. The molecule has 0 radical (unpaired) electrons. The van der Waals surface area contributed by atoms with Crippen LogP contribution in [0.3, 0.4) is 0 Å². The van der Waals surface area contributed by atoms with E-state index in [2.05, 4.69) is 15.2 Å². The summed E-state index contributed by atoms with van der Waals surface area (Å²) in [5.41, 5.74) is 6.93. The fourth-order valence-electron chi connectivity index (χ4n) is 3.55. The number of nitrogens with two attached hydrogens (primary N) is 1. The summed E-state index contributed by atoms with van der Waals surface area (Å²) in [6.07, 6.45) is 2.44. The van der Waals surface area contributed by atoms with E-state index in [4.69, 9.17) is 28.9 Å². The number of benzene rings is 2. The molecule has 1 aromatic heterocycles. The number of hydrogen-bond acceptors (Lipinski definition) is 7. The van der Waals surface area contributed by atoms with E-state index in [0.717, 1.165) is 41.6 Å². The Labute approximate surface area is 203 Å². The van der Waals surface area contributed by atoms with E-state index in [-0.39, 0.29) is 32.1 Å². The molecule has 168 valence electrons. The number of halogens is 2. The Bertz CT molecular complexity index is 1140. The molecule has 0 aliphatic carbocycles. The summed E-state index contributed by atoms with van der Waals surface area (Å²) < 4.78 is 12.7. The van der Waals surface area contributed by atoms with Gasteiger partial charge in [0.05, 0.1) is 26.4 Å². The summed E-state index contributed by atoms with van der Waals surface area (Å²) in [6.45, 7) is 3.01. The minimum atomic E-state index is -1.09. The van der Waals surface area contributed by atoms with E-state index in [9.17, 15) is 9.00 Å². The molecule has 3 aromatic rings. The molecular formula is C22H22Cl2N4O2S2. The lowest BCUT2D eigenvalue weighted by molar-refractivity contribution is 0.104. The van der Waals surface area contributed by atoms with Crippen molar-refractivity contribution in [2.24, 2.45) is 0 Å². The van der Waals surface area contributed by atoms with Gasteiger partial charge in [0.2, 0.25) is 5.78 Å². The Morgan fingerprint density at radius 1 is 1.16 bits per heavy atom. The second-order valence-electron chi connectivity index (χ2n) is 7.41. The maximum atomic E-state index is 12.9. The van der Waals surface area contributed by atoms with Gasteiger partial charge in [-0.1, -0.05) is 46.7 Å². The number of nitrogens with one attached hydrogen (secondary N) is 1. The number of likely N-dealkylation sites (tertiary alicyclic amines) is 1. The van der Waals surface area contributed by atoms with Gasteiger partial charge in [0.25, 0.3) is 0 Å². The minimum Gasteiger partial charge on any atom is -0.382 e. The first kappa shape index (κ1) is 23.2. The fraction of sp³-hybridized carbons (Fsp3) is 0.273. The molecule has 0 spiro atoms. The topological polar surface area (TPSA) is 88.3 Å². The molecule has 2 heterocycles. The lowest BCUT2D eigenvalue weighted by atomic mass is 10.1. The lowest BCUT2D eigenvalue weighted by Gasteiger charge is -2.14. The zero-order valence-electron chi connectivity index (χ0n) is 17.1. The number of carbonyl (C=O) groups excluding carboxylic acids is 1. The van der Waals surface area contributed by atoms with Crippen molar-refractivity contribution in [2.45, 2.75) is 17.7 Å². The molecule has 2 aromatic carbocycles. The molecule has 0 bridgehead atoms. The van der Waals surface area contributed by atoms with Crippen LogP contribution in [0.2, 0.25) is 10.0 Å². The van der Waals surface area contributed by atoms with E-state index >= 15 is 0 Å². The van der Waals surface area contributed by atoms with Crippen LogP contribution < -0.4 is 11.1 Å². The van der Waals surface area contributed by atoms with Gasteiger partial charge in [-0.15, -0.1) is 0 Å². The van der Waals surface area contributed by atoms with Crippen LogP contribution in [0.5, 0.6) is 0 Å². The summed E-state index contributed by atoms with van der Waals surface area (Å²) in [5.74, 6) is 0.328. The Hall–Kier alpha value is -1.97. The molecule has 1 aliphatic heterocycles. The average Bonchev–Trinajstić information content (AvgIpc) is 3.41. The van der Waals surface area contributed by atoms with E-state index in [1.54, 1.807) is 18.2 Å². The van der Waals surface area contributed by atoms with Crippen LogP contribution in [0.15, 0.2) is 47.4 Å². The van der Waals surface area contributed by atoms with Crippen LogP contribution in [0.25, 0.3) is 0 Å². The average molecular weight is 509 g/mol. The highest BCUT2D eigenvalue weighted by Gasteiger charge is 2.22. The predicted octanol–water partition coefficient (Wildman–Crippen LogP) is 5.21. The van der Waals surface area contributed by atoms with Crippen LogP contribution in [-0.2, 0) is 10.8 Å². The molecule has 10 heteroatoms. The third-order valence-electron chi connectivity index (χ3n) is 5.19. The van der Waals surface area contributed by atoms with Crippen molar-refractivity contribution >= 4 is 67.8 Å². The molecule has 0 amide bonds. The second-order valence-corrected chi connectivity index (χ2v) is 10.8. The monoisotopic (exact) mass is 508 g/mol. The number of thiazole rings is 1. The van der Waals surface area contributed by atoms with Crippen LogP contribution in [0.4, 0.5) is 16.6 Å². The van der Waals surface area contributed by atoms with Crippen LogP contribution in [0, 0.1) is 0 Å². The summed E-state index contributed by atoms with van der Waals surface area (Å²) in [7, 11) is -1.09. The standard InChI is InChI=1S/C22H22Cl2N4O2S2/c23-16-7-4-8-17(24)18(16)19(29)20-21(25)27-22(31-20)26-14-5-3-6-15(13-14)32(30)12-11-28-9-1-2-10-28/h3-8,13H,1-2,9-12,25H2,(H,26,27). The number of aromatic nitrogens is 1. The zero-order valence-corrected chi connectivity index (χ0v) is 20.3. The van der Waals surface area contributed by atoms with Gasteiger partial charge >= 0.3 is 0 Å². The quantitative estimate of drug-likeness (QED) is 0.406. The van der Waals surface area contributed by atoms with Crippen molar-refractivity contribution < 1.29 is 9.00 Å². The molecule has 4 rings (SSSR count). The van der Waals surface area contributed by atoms with Crippen molar-refractivity contribution in [2.75, 3.05) is 36.4 Å². The van der Waals surface area contributed by atoms with Crippen molar-refractivity contribution in [3.63, 3.8) is 0 Å². The van der Waals surface area contributed by atoms with Crippen molar-refractivity contribution in [1.29, 1.82) is 0 Å². The number of anilines is 3. The first-order valence-electron chi connectivity index (χ1n) is 10.1. The first-order chi connectivity index (χ1) is 15.4. The number of hydrogen-bond donors (Lipinski definition) is 2. The third-order valence-corrected chi connectivity index (χ3v) is 8.14. The van der Waals surface area contributed by atoms with Crippen molar-refractivity contribution in [1.82, 2.24) is 9.88 Å². The highest BCUT2D eigenvalue weighted by atomic mass is 35.5. The molecule has 1 unspecified atom stereocenters. The maximum Gasteiger partial charge on any atom is 0.209 e. The van der Waals surface area contributed by atoms with E-state index in [0.29, 0.717) is 10.9 Å². The highest BCUT2D eigenvalue weighted by molar-refractivity contribution is 7.85. The Morgan fingerprint density at radius 2 is 1.84 bits per heavy atom. The predicted molar refractivity (Wildman–Crippen MR) is 133 cm³/mol. The van der Waals surface area contributed by atoms with Gasteiger partial charge in [0.1, 0.15) is 10.7 Å². The van der Waals surface area contributed by atoms with Gasteiger partial charge in [-0.25, -0.2) is 4.98 Å². The molecule has 32 heavy (non-hydrogen) atoms. The second kappa shape index (κ2) is 10.3. The molecule has 6 nitrogen and oxygen atoms in total. The van der Waals surface area contributed by atoms with Gasteiger partial charge in [0, 0.05) is 22.9 Å². The Morgan fingerprint density at radius 3 is 2.56 bits per heavy atom. The third kappa shape index (κ3) is 5.32. The Balaban J connectivity index is 1.47. The molecule has 1 fully saturated rings. The number of ketones is 1. The lowest BCUT2D eigenvalue weighted by Crippen LogP contribution is -2.24. The molecule has 1 aliphatic rings. The van der Waals surface area contributed by atoms with Crippen molar-refractivity contribution in [3.05, 3.63) is 63.0 Å². The minimum absolute atomic E-state index is 0.101. The molecule has 0 saturated carbocycles. The first-order valence-corrected chi connectivity index (χ1v) is 13.0. The smallest absolute Gasteiger partial charge is 0.209 e. The SMILES string of the molecule is Nc1nc(Nc2cccc(S(=O)CCN3CCCC3)c2)sc1C(=O)c1c(Cl)cccc1Cl. The number of rotatable bonds is 8. The van der Waals surface area contributed by atoms with Crippen LogP contribution in [-0.4, -0.2) is 45.3 Å². The summed E-state index contributed by atoms with van der Waals surface area (Å²) >= 11 is 13.5. The number of nitrogen functional groups attached to an aromatic ring is 1. The van der Waals surface area contributed by atoms with Crippen molar-refractivity contribution in [3.8, 4) is 0 Å².